The molecule has 0 spiro atoms. The number of carbonyl (C=O) groups excluding carboxylic acids is 2. The number of piperidine rings is 1. The summed E-state index contributed by atoms with van der Waals surface area (Å²) in [6, 6.07) is 3.60. The minimum Gasteiger partial charge on any atom is -0.366 e. The van der Waals surface area contributed by atoms with Gasteiger partial charge in [-0.15, -0.1) is 0 Å². The molecule has 37 heavy (non-hydrogen) atoms. The Bertz CT molecular complexity index is 1260. The number of aromatic nitrogens is 2. The lowest BCUT2D eigenvalue weighted by Crippen LogP contribution is -2.51. The second kappa shape index (κ2) is 10.4. The molecule has 3 aliphatic rings. The van der Waals surface area contributed by atoms with Crippen LogP contribution < -0.4 is 16.3 Å². The minimum absolute atomic E-state index is 0.00546. The first-order chi connectivity index (χ1) is 17.8. The van der Waals surface area contributed by atoms with Crippen LogP contribution in [0.4, 0.5) is 19.4 Å². The number of H-pyrrole nitrogens is 1. The summed E-state index contributed by atoms with van der Waals surface area (Å²) in [5.41, 5.74) is 0.942. The maximum Gasteiger partial charge on any atom is 0.327 e. The molecular weight excluding hydrogens is 482 g/mol. The molecule has 0 aliphatic carbocycles. The number of hydrogen-bond donors (Lipinski definition) is 3. The van der Waals surface area contributed by atoms with Crippen molar-refractivity contribution in [2.45, 2.75) is 50.6 Å². The van der Waals surface area contributed by atoms with Crippen LogP contribution in [0, 0.1) is 11.6 Å². The van der Waals surface area contributed by atoms with Crippen LogP contribution in [0.15, 0.2) is 29.1 Å². The van der Waals surface area contributed by atoms with Gasteiger partial charge >= 0.3 is 11.7 Å². The number of likely N-dealkylation sites (tertiary alicyclic amines) is 2. The van der Waals surface area contributed by atoms with Gasteiger partial charge in [0.1, 0.15) is 5.82 Å². The molecule has 4 heterocycles. The molecule has 3 amide bonds. The number of urea groups is 1. The van der Waals surface area contributed by atoms with Gasteiger partial charge in [0, 0.05) is 57.6 Å². The van der Waals surface area contributed by atoms with E-state index in [9.17, 15) is 23.2 Å². The molecule has 2 atom stereocenters. The predicted molar refractivity (Wildman–Crippen MR) is 135 cm³/mol. The number of rotatable bonds is 3. The zero-order valence-corrected chi connectivity index (χ0v) is 20.8. The van der Waals surface area contributed by atoms with Crippen LogP contribution in [0.2, 0.25) is 0 Å². The topological polar surface area (TPSA) is 102 Å². The number of nitrogens with one attached hydrogen (secondary N) is 3. The molecule has 5 rings (SSSR count). The van der Waals surface area contributed by atoms with Gasteiger partial charge in [-0.05, 0) is 43.4 Å². The zero-order valence-electron chi connectivity index (χ0n) is 20.8. The summed E-state index contributed by atoms with van der Waals surface area (Å²) in [6.45, 7) is 3.70. The van der Waals surface area contributed by atoms with Gasteiger partial charge in [-0.2, -0.15) is 0 Å². The van der Waals surface area contributed by atoms with Gasteiger partial charge in [0.2, 0.25) is 5.91 Å². The Morgan fingerprint density at radius 3 is 2.59 bits per heavy atom. The number of benzene rings is 1. The second-order valence-corrected chi connectivity index (χ2v) is 10.0. The Kier molecular flexibility index (Phi) is 7.03. The summed E-state index contributed by atoms with van der Waals surface area (Å²) in [4.78, 5) is 44.1. The summed E-state index contributed by atoms with van der Waals surface area (Å²) in [5.74, 6) is -1.58. The molecule has 3 aliphatic heterocycles. The van der Waals surface area contributed by atoms with Crippen molar-refractivity contribution in [3.63, 3.8) is 0 Å². The second-order valence-electron chi connectivity index (χ2n) is 10.0. The van der Waals surface area contributed by atoms with Crippen molar-refractivity contribution in [3.8, 4) is 0 Å². The lowest BCUT2D eigenvalue weighted by Gasteiger charge is -2.34. The van der Waals surface area contributed by atoms with Crippen molar-refractivity contribution in [1.29, 1.82) is 0 Å². The molecule has 2 aromatic rings. The van der Waals surface area contributed by atoms with Crippen LogP contribution in [0.1, 0.15) is 55.8 Å². The van der Waals surface area contributed by atoms with Crippen LogP contribution in [0.5, 0.6) is 0 Å². The van der Waals surface area contributed by atoms with Crippen molar-refractivity contribution in [1.82, 2.24) is 24.7 Å². The number of halogens is 2. The number of fused-ring (bicyclic) bond motifs is 1. The number of anilines is 1. The summed E-state index contributed by atoms with van der Waals surface area (Å²) >= 11 is 0. The highest BCUT2D eigenvalue weighted by atomic mass is 19.2. The highest BCUT2D eigenvalue weighted by Crippen LogP contribution is 2.30. The molecule has 0 unspecified atom stereocenters. The number of imidazole rings is 1. The summed E-state index contributed by atoms with van der Waals surface area (Å²) in [7, 11) is 0. The Labute approximate surface area is 213 Å². The maximum atomic E-state index is 14.5. The molecule has 1 aromatic carbocycles. The Balaban J connectivity index is 1.21. The Hall–Kier alpha value is -3.63. The van der Waals surface area contributed by atoms with Gasteiger partial charge in [-0.3, -0.25) is 14.3 Å². The van der Waals surface area contributed by atoms with Crippen molar-refractivity contribution in [2.24, 2.45) is 0 Å². The van der Waals surface area contributed by atoms with Crippen molar-refractivity contribution >= 4 is 23.8 Å². The van der Waals surface area contributed by atoms with E-state index in [1.54, 1.807) is 20.4 Å². The highest BCUT2D eigenvalue weighted by molar-refractivity contribution is 5.75. The average Bonchev–Trinajstić information content (AvgIpc) is 3.07. The van der Waals surface area contributed by atoms with Gasteiger partial charge in [0.25, 0.3) is 0 Å². The molecule has 0 radical (unpaired) electrons. The monoisotopic (exact) mass is 514 g/mol. The molecule has 0 saturated carbocycles. The van der Waals surface area contributed by atoms with Gasteiger partial charge in [0.05, 0.1) is 5.69 Å². The number of amides is 3. The van der Waals surface area contributed by atoms with Crippen LogP contribution in [0.3, 0.4) is 0 Å². The number of carbonyl (C=O) groups is 2. The van der Waals surface area contributed by atoms with Crippen molar-refractivity contribution in [3.05, 3.63) is 57.7 Å². The molecule has 2 saturated heterocycles. The molecule has 0 bridgehead atoms. The molecule has 3 N–H and O–H groups in total. The fourth-order valence-corrected chi connectivity index (χ4v) is 5.70. The van der Waals surface area contributed by atoms with Crippen LogP contribution in [-0.2, 0) is 4.79 Å². The Morgan fingerprint density at radius 1 is 1.05 bits per heavy atom. The van der Waals surface area contributed by atoms with Crippen molar-refractivity contribution in [2.75, 3.05) is 38.0 Å². The number of aromatic amines is 1. The molecular formula is C26H32F2N6O3. The van der Waals surface area contributed by atoms with Gasteiger partial charge < -0.3 is 20.4 Å². The first kappa shape index (κ1) is 25.0. The number of hydrogen-bond acceptors (Lipinski definition) is 4. The van der Waals surface area contributed by atoms with Crippen molar-refractivity contribution < 1.29 is 18.4 Å². The van der Waals surface area contributed by atoms with E-state index in [-0.39, 0.29) is 47.7 Å². The summed E-state index contributed by atoms with van der Waals surface area (Å²) in [6.07, 6.45) is 6.27. The van der Waals surface area contributed by atoms with E-state index in [0.717, 1.165) is 17.6 Å². The fourth-order valence-electron chi connectivity index (χ4n) is 5.70. The molecule has 198 valence electrons. The third kappa shape index (κ3) is 5.12. The quantitative estimate of drug-likeness (QED) is 0.586. The summed E-state index contributed by atoms with van der Waals surface area (Å²) < 4.78 is 30.1. The molecule has 9 nitrogen and oxygen atoms in total. The predicted octanol–water partition coefficient (Wildman–Crippen LogP) is 3.03. The Morgan fingerprint density at radius 2 is 1.84 bits per heavy atom. The van der Waals surface area contributed by atoms with E-state index in [4.69, 9.17) is 0 Å². The largest absolute Gasteiger partial charge is 0.366 e. The zero-order chi connectivity index (χ0) is 26.1. The summed E-state index contributed by atoms with van der Waals surface area (Å²) in [5, 5.41) is 6.22. The van der Waals surface area contributed by atoms with E-state index in [2.05, 4.69) is 15.6 Å². The van der Waals surface area contributed by atoms with E-state index < -0.39 is 11.6 Å². The van der Waals surface area contributed by atoms with E-state index in [0.29, 0.717) is 51.9 Å². The van der Waals surface area contributed by atoms with Crippen LogP contribution in [0.25, 0.3) is 6.08 Å². The van der Waals surface area contributed by atoms with E-state index >= 15 is 0 Å². The van der Waals surface area contributed by atoms with Crippen LogP contribution >= 0.6 is 0 Å². The maximum absolute atomic E-state index is 14.5. The van der Waals surface area contributed by atoms with Crippen LogP contribution in [-0.4, -0.2) is 70.1 Å². The standard InChI is InChI=1S/C26H32F2N6O3/c1-16(35)33-14-17(20-4-2-5-21(27)23(20)28)7-8-18(15-33)30-25(36)32-12-9-19(10-13-32)34-22-6-3-11-29-24(22)31-26(34)37/h2-6,17-19,29H,7-15H2,1H3,(H,30,36)(H,31,37)/t17-,18-/m1/s1. The molecule has 1 aromatic heterocycles. The third-order valence-electron chi connectivity index (χ3n) is 7.70. The highest BCUT2D eigenvalue weighted by Gasteiger charge is 2.32. The van der Waals surface area contributed by atoms with E-state index in [1.165, 1.54) is 13.0 Å². The SMILES string of the molecule is CC(=O)N1C[C@H](NC(=O)N2CCC(n3c4c([nH]c3=O)NCC=C4)CC2)CC[C@@H](c2cccc(F)c2F)C1. The minimum atomic E-state index is -0.904. The van der Waals surface area contributed by atoms with Gasteiger partial charge in [-0.25, -0.2) is 18.4 Å². The molecule has 11 heteroatoms. The third-order valence-corrected chi connectivity index (χ3v) is 7.70. The molecule has 2 fully saturated rings. The van der Waals surface area contributed by atoms with Gasteiger partial charge in [0.15, 0.2) is 11.6 Å². The average molecular weight is 515 g/mol. The number of nitrogens with zero attached hydrogens (tertiary/aromatic N) is 3. The lowest BCUT2D eigenvalue weighted by atomic mass is 9.93. The van der Waals surface area contributed by atoms with E-state index in [1.807, 2.05) is 12.2 Å². The first-order valence-electron chi connectivity index (χ1n) is 12.8. The normalized spacial score (nSPS) is 22.2. The fraction of sp³-hybridized carbons (Fsp3) is 0.500. The first-order valence-corrected chi connectivity index (χ1v) is 12.8. The van der Waals surface area contributed by atoms with Gasteiger partial charge in [-0.1, -0.05) is 18.2 Å². The lowest BCUT2D eigenvalue weighted by molar-refractivity contribution is -0.129. The smallest absolute Gasteiger partial charge is 0.327 e.